The second-order valence-corrected chi connectivity index (χ2v) is 5.88. The van der Waals surface area contributed by atoms with E-state index in [9.17, 15) is 14.4 Å². The molecule has 0 saturated carbocycles. The summed E-state index contributed by atoms with van der Waals surface area (Å²) in [4.78, 5) is 37.4. The van der Waals surface area contributed by atoms with Crippen LogP contribution in [-0.2, 0) is 14.3 Å². The van der Waals surface area contributed by atoms with Crippen molar-refractivity contribution in [2.24, 2.45) is 0 Å². The molecule has 2 aliphatic heterocycles. The van der Waals surface area contributed by atoms with Crippen molar-refractivity contribution >= 4 is 29.8 Å². The summed E-state index contributed by atoms with van der Waals surface area (Å²) in [6.07, 6.45) is -0.0919. The second kappa shape index (κ2) is 6.38. The molecule has 3 amide bonds. The van der Waals surface area contributed by atoms with Crippen LogP contribution in [0.5, 0.6) is 5.75 Å². The van der Waals surface area contributed by atoms with E-state index in [1.807, 2.05) is 6.92 Å². The van der Waals surface area contributed by atoms with Crippen LogP contribution in [-0.4, -0.2) is 50.3 Å². The van der Waals surface area contributed by atoms with Crippen LogP contribution in [0, 0.1) is 0 Å². The summed E-state index contributed by atoms with van der Waals surface area (Å²) in [5, 5.41) is 2.64. The molecule has 1 N–H and O–H groups in total. The predicted octanol–water partition coefficient (Wildman–Crippen LogP) is 0.892. The third kappa shape index (κ3) is 2.99. The van der Waals surface area contributed by atoms with Crippen LogP contribution < -0.4 is 19.9 Å². The Labute approximate surface area is 139 Å². The Morgan fingerprint density at radius 3 is 2.96 bits per heavy atom. The zero-order chi connectivity index (χ0) is 17.3. The first-order valence-corrected chi connectivity index (χ1v) is 7.72. The molecule has 8 heteroatoms. The molecular weight excluding hydrogens is 314 g/mol. The van der Waals surface area contributed by atoms with Crippen LogP contribution in [0.3, 0.4) is 0 Å². The number of cyclic esters (lactones) is 1. The lowest BCUT2D eigenvalue weighted by atomic mass is 10.1. The molecule has 3 rings (SSSR count). The van der Waals surface area contributed by atoms with Gasteiger partial charge < -0.3 is 19.7 Å². The molecule has 1 fully saturated rings. The van der Waals surface area contributed by atoms with Gasteiger partial charge in [0, 0.05) is 13.0 Å². The number of benzene rings is 1. The highest BCUT2D eigenvalue weighted by Crippen LogP contribution is 2.37. The second-order valence-electron chi connectivity index (χ2n) is 5.88. The number of nitrogens with one attached hydrogen (secondary N) is 1. The first kappa shape index (κ1) is 16.1. The number of amides is 3. The molecule has 128 valence electrons. The molecule has 2 atom stereocenters. The molecule has 2 aliphatic rings. The lowest BCUT2D eigenvalue weighted by Gasteiger charge is -2.32. The van der Waals surface area contributed by atoms with Gasteiger partial charge in [-0.15, -0.1) is 0 Å². The highest BCUT2D eigenvalue weighted by atomic mass is 16.6. The minimum Gasteiger partial charge on any atom is -0.489 e. The van der Waals surface area contributed by atoms with Crippen LogP contribution >= 0.6 is 0 Å². The van der Waals surface area contributed by atoms with Crippen molar-refractivity contribution in [3.05, 3.63) is 18.2 Å². The van der Waals surface area contributed by atoms with Gasteiger partial charge in [-0.05, 0) is 19.1 Å². The van der Waals surface area contributed by atoms with Gasteiger partial charge in [0.25, 0.3) is 0 Å². The van der Waals surface area contributed by atoms with E-state index in [1.54, 1.807) is 23.1 Å². The third-order valence-corrected chi connectivity index (χ3v) is 4.05. The molecule has 24 heavy (non-hydrogen) atoms. The zero-order valence-electron chi connectivity index (χ0n) is 13.5. The molecule has 8 nitrogen and oxygen atoms in total. The molecule has 2 heterocycles. The van der Waals surface area contributed by atoms with E-state index < -0.39 is 12.2 Å². The number of carbonyl (C=O) groups is 3. The van der Waals surface area contributed by atoms with Crippen LogP contribution in [0.2, 0.25) is 0 Å². The van der Waals surface area contributed by atoms with Crippen molar-refractivity contribution < 1.29 is 23.9 Å². The smallest absolute Gasteiger partial charge is 0.414 e. The summed E-state index contributed by atoms with van der Waals surface area (Å²) in [5.41, 5.74) is 1.30. The van der Waals surface area contributed by atoms with Crippen molar-refractivity contribution in [3.8, 4) is 5.75 Å². The molecule has 0 spiro atoms. The summed E-state index contributed by atoms with van der Waals surface area (Å²) < 4.78 is 10.9. The zero-order valence-corrected chi connectivity index (χ0v) is 13.5. The molecule has 0 aromatic heterocycles. The van der Waals surface area contributed by atoms with Gasteiger partial charge in [0.1, 0.15) is 18.5 Å². The summed E-state index contributed by atoms with van der Waals surface area (Å²) >= 11 is 0. The summed E-state index contributed by atoms with van der Waals surface area (Å²) in [7, 11) is 0. The monoisotopic (exact) mass is 333 g/mol. The number of carbonyl (C=O) groups excluding carboxylic acids is 3. The Morgan fingerprint density at radius 1 is 1.46 bits per heavy atom. The minimum atomic E-state index is -0.471. The quantitative estimate of drug-likeness (QED) is 0.827. The number of fused-ring (bicyclic) bond motifs is 1. The Morgan fingerprint density at radius 2 is 2.25 bits per heavy atom. The predicted molar refractivity (Wildman–Crippen MR) is 86.2 cm³/mol. The standard InChI is InChI=1S/C16H19N3O5/c1-10-8-23-15-5-12(3-4-14(15)19(10)9-20)18-7-13(24-16(18)22)6-17-11(2)21/h3-5,9-10,13H,6-8H2,1-2H3,(H,17,21)/t10?,13-/m0/s1. The Balaban J connectivity index is 1.77. The average molecular weight is 333 g/mol. The fourth-order valence-corrected chi connectivity index (χ4v) is 2.78. The molecule has 1 unspecified atom stereocenters. The van der Waals surface area contributed by atoms with Crippen molar-refractivity contribution in [2.45, 2.75) is 26.0 Å². The topological polar surface area (TPSA) is 88.2 Å². The van der Waals surface area contributed by atoms with Crippen LogP contribution in [0.4, 0.5) is 16.2 Å². The molecule has 0 bridgehead atoms. The Kier molecular flexibility index (Phi) is 4.28. The number of hydrogen-bond acceptors (Lipinski definition) is 5. The first-order valence-electron chi connectivity index (χ1n) is 7.72. The van der Waals surface area contributed by atoms with Crippen molar-refractivity contribution in [3.63, 3.8) is 0 Å². The van der Waals surface area contributed by atoms with E-state index >= 15 is 0 Å². The van der Waals surface area contributed by atoms with Crippen molar-refractivity contribution in [1.82, 2.24) is 5.32 Å². The van der Waals surface area contributed by atoms with E-state index in [0.717, 1.165) is 6.41 Å². The van der Waals surface area contributed by atoms with E-state index in [-0.39, 0.29) is 18.5 Å². The van der Waals surface area contributed by atoms with Gasteiger partial charge in [-0.2, -0.15) is 0 Å². The van der Waals surface area contributed by atoms with Gasteiger partial charge in [-0.1, -0.05) is 0 Å². The molecule has 1 saturated heterocycles. The summed E-state index contributed by atoms with van der Waals surface area (Å²) in [6.45, 7) is 4.32. The van der Waals surface area contributed by atoms with E-state index in [0.29, 0.717) is 30.3 Å². The Bertz CT molecular complexity index is 678. The molecule has 1 aromatic rings. The fraction of sp³-hybridized carbons (Fsp3) is 0.438. The lowest BCUT2D eigenvalue weighted by molar-refractivity contribution is -0.119. The minimum absolute atomic E-state index is 0.0420. The van der Waals surface area contributed by atoms with Gasteiger partial charge in [-0.25, -0.2) is 4.79 Å². The lowest BCUT2D eigenvalue weighted by Crippen LogP contribution is -2.40. The molecular formula is C16H19N3O5. The highest BCUT2D eigenvalue weighted by Gasteiger charge is 2.33. The largest absolute Gasteiger partial charge is 0.489 e. The average Bonchev–Trinajstić information content (AvgIpc) is 2.93. The number of hydrogen-bond donors (Lipinski definition) is 1. The van der Waals surface area contributed by atoms with Gasteiger partial charge in [-0.3, -0.25) is 14.5 Å². The van der Waals surface area contributed by atoms with Crippen molar-refractivity contribution in [1.29, 1.82) is 0 Å². The van der Waals surface area contributed by atoms with Gasteiger partial charge in [0.15, 0.2) is 0 Å². The Hall–Kier alpha value is -2.77. The number of nitrogens with zero attached hydrogens (tertiary/aromatic N) is 2. The molecule has 1 aromatic carbocycles. The van der Waals surface area contributed by atoms with Crippen molar-refractivity contribution in [2.75, 3.05) is 29.5 Å². The SMILES string of the molecule is CC(=O)NC[C@H]1CN(c2ccc3c(c2)OCC(C)N3C=O)C(=O)O1. The van der Waals surface area contributed by atoms with Gasteiger partial charge in [0.05, 0.1) is 30.5 Å². The fourth-order valence-electron chi connectivity index (χ4n) is 2.78. The highest BCUT2D eigenvalue weighted by molar-refractivity contribution is 5.91. The van der Waals surface area contributed by atoms with Crippen LogP contribution in [0.15, 0.2) is 18.2 Å². The maximum atomic E-state index is 12.1. The normalized spacial score (nSPS) is 22.5. The van der Waals surface area contributed by atoms with Crippen LogP contribution in [0.25, 0.3) is 0 Å². The molecule has 0 radical (unpaired) electrons. The van der Waals surface area contributed by atoms with Crippen LogP contribution in [0.1, 0.15) is 13.8 Å². The summed E-state index contributed by atoms with van der Waals surface area (Å²) in [6, 6.07) is 5.18. The maximum absolute atomic E-state index is 12.1. The molecule has 0 aliphatic carbocycles. The van der Waals surface area contributed by atoms with E-state index in [1.165, 1.54) is 11.8 Å². The maximum Gasteiger partial charge on any atom is 0.414 e. The van der Waals surface area contributed by atoms with Gasteiger partial charge in [0.2, 0.25) is 12.3 Å². The third-order valence-electron chi connectivity index (χ3n) is 4.05. The number of rotatable bonds is 4. The first-order chi connectivity index (χ1) is 11.5. The summed E-state index contributed by atoms with van der Waals surface area (Å²) in [5.74, 6) is 0.380. The van der Waals surface area contributed by atoms with Gasteiger partial charge >= 0.3 is 6.09 Å². The van der Waals surface area contributed by atoms with E-state index in [2.05, 4.69) is 5.32 Å². The number of ether oxygens (including phenoxy) is 2. The number of anilines is 2. The van der Waals surface area contributed by atoms with E-state index in [4.69, 9.17) is 9.47 Å².